The number of carbonyl (C=O) groups excluding carboxylic acids is 1. The van der Waals surface area contributed by atoms with E-state index in [-0.39, 0.29) is 12.5 Å². The van der Waals surface area contributed by atoms with Crippen molar-refractivity contribution in [3.63, 3.8) is 0 Å². The van der Waals surface area contributed by atoms with E-state index >= 15 is 0 Å². The molecule has 0 atom stereocenters. The summed E-state index contributed by atoms with van der Waals surface area (Å²) in [5.74, 6) is 1.01. The van der Waals surface area contributed by atoms with Crippen LogP contribution in [0.1, 0.15) is 25.7 Å². The lowest BCUT2D eigenvalue weighted by atomic mass is 10.2. The van der Waals surface area contributed by atoms with Gasteiger partial charge in [-0.3, -0.25) is 4.79 Å². The van der Waals surface area contributed by atoms with E-state index in [2.05, 4.69) is 15.4 Å². The van der Waals surface area contributed by atoms with Crippen molar-refractivity contribution in [3.8, 4) is 11.6 Å². The summed E-state index contributed by atoms with van der Waals surface area (Å²) in [5, 5.41) is 12.0. The molecule has 0 saturated carbocycles. The summed E-state index contributed by atoms with van der Waals surface area (Å²) in [6.07, 6.45) is 6.11. The maximum absolute atomic E-state index is 12.2. The summed E-state index contributed by atoms with van der Waals surface area (Å²) in [6.45, 7) is 1.80. The zero-order chi connectivity index (χ0) is 13.8. The number of aromatic nitrogens is 4. The standard InChI is InChI=1S/C13H17N5O2/c19-12(17-7-3-1-2-4-8-17)10-18-15-13(14-16-18)11-6-5-9-20-11/h5-6,9H,1-4,7-8,10H2. The fraction of sp³-hybridized carbons (Fsp3) is 0.538. The Morgan fingerprint density at radius 1 is 1.25 bits per heavy atom. The molecule has 20 heavy (non-hydrogen) atoms. The van der Waals surface area contributed by atoms with Gasteiger partial charge in [0.15, 0.2) is 5.76 Å². The minimum atomic E-state index is 0.0512. The first-order chi connectivity index (χ1) is 9.83. The maximum atomic E-state index is 12.2. The largest absolute Gasteiger partial charge is 0.461 e. The van der Waals surface area contributed by atoms with Crippen molar-refractivity contribution >= 4 is 5.91 Å². The summed E-state index contributed by atoms with van der Waals surface area (Å²) < 4.78 is 5.20. The van der Waals surface area contributed by atoms with Crippen LogP contribution in [0.15, 0.2) is 22.8 Å². The molecule has 3 rings (SSSR count). The normalized spacial score (nSPS) is 16.1. The molecule has 1 amide bonds. The lowest BCUT2D eigenvalue weighted by Crippen LogP contribution is -2.35. The average molecular weight is 275 g/mol. The van der Waals surface area contributed by atoms with E-state index < -0.39 is 0 Å². The second kappa shape index (κ2) is 5.85. The first-order valence-electron chi connectivity index (χ1n) is 6.92. The van der Waals surface area contributed by atoms with Gasteiger partial charge in [-0.25, -0.2) is 0 Å². The zero-order valence-corrected chi connectivity index (χ0v) is 11.2. The summed E-state index contributed by atoms with van der Waals surface area (Å²) in [5.41, 5.74) is 0. The van der Waals surface area contributed by atoms with Crippen LogP contribution in [-0.4, -0.2) is 44.1 Å². The van der Waals surface area contributed by atoms with Crippen LogP contribution in [0.25, 0.3) is 11.6 Å². The SMILES string of the molecule is O=C(Cn1nnc(-c2ccco2)n1)N1CCCCCC1. The smallest absolute Gasteiger partial charge is 0.246 e. The maximum Gasteiger partial charge on any atom is 0.246 e. The molecule has 106 valence electrons. The number of carbonyl (C=O) groups is 1. The van der Waals surface area contributed by atoms with Gasteiger partial charge in [0.25, 0.3) is 0 Å². The average Bonchev–Trinajstić information content (AvgIpc) is 3.05. The third-order valence-electron chi connectivity index (χ3n) is 3.43. The Balaban J connectivity index is 1.64. The van der Waals surface area contributed by atoms with Crippen LogP contribution in [0.4, 0.5) is 0 Å². The van der Waals surface area contributed by atoms with Gasteiger partial charge in [-0.05, 0) is 30.2 Å². The van der Waals surface area contributed by atoms with Gasteiger partial charge in [-0.2, -0.15) is 4.80 Å². The molecule has 0 bridgehead atoms. The Hall–Kier alpha value is -2.18. The van der Waals surface area contributed by atoms with Crippen molar-refractivity contribution in [3.05, 3.63) is 18.4 Å². The molecular formula is C13H17N5O2. The molecule has 1 aliphatic heterocycles. The molecule has 7 nitrogen and oxygen atoms in total. The van der Waals surface area contributed by atoms with E-state index in [4.69, 9.17) is 4.42 Å². The van der Waals surface area contributed by atoms with E-state index in [1.807, 2.05) is 4.90 Å². The number of likely N-dealkylation sites (tertiary alicyclic amines) is 1. The zero-order valence-electron chi connectivity index (χ0n) is 11.2. The molecule has 2 aromatic rings. The van der Waals surface area contributed by atoms with Gasteiger partial charge >= 0.3 is 0 Å². The Morgan fingerprint density at radius 2 is 2.05 bits per heavy atom. The molecule has 1 aliphatic rings. The van der Waals surface area contributed by atoms with Crippen molar-refractivity contribution < 1.29 is 9.21 Å². The van der Waals surface area contributed by atoms with E-state index in [0.29, 0.717) is 11.6 Å². The quantitative estimate of drug-likeness (QED) is 0.844. The first-order valence-corrected chi connectivity index (χ1v) is 6.92. The molecule has 1 fully saturated rings. The van der Waals surface area contributed by atoms with Crippen LogP contribution in [0.5, 0.6) is 0 Å². The molecule has 1 saturated heterocycles. The lowest BCUT2D eigenvalue weighted by Gasteiger charge is -2.19. The molecule has 0 radical (unpaired) electrons. The van der Waals surface area contributed by atoms with E-state index in [1.54, 1.807) is 18.4 Å². The summed E-state index contributed by atoms with van der Waals surface area (Å²) in [7, 11) is 0. The molecule has 2 aromatic heterocycles. The molecule has 0 unspecified atom stereocenters. The van der Waals surface area contributed by atoms with Gasteiger partial charge in [-0.1, -0.05) is 12.8 Å². The van der Waals surface area contributed by atoms with Gasteiger partial charge in [0, 0.05) is 13.1 Å². The summed E-state index contributed by atoms with van der Waals surface area (Å²) in [6, 6.07) is 3.52. The third-order valence-corrected chi connectivity index (χ3v) is 3.43. The monoisotopic (exact) mass is 275 g/mol. The first kappa shape index (κ1) is 12.8. The van der Waals surface area contributed by atoms with Gasteiger partial charge in [0.1, 0.15) is 6.54 Å². The van der Waals surface area contributed by atoms with E-state index in [0.717, 1.165) is 25.9 Å². The third kappa shape index (κ3) is 2.87. The van der Waals surface area contributed by atoms with Crippen molar-refractivity contribution in [2.45, 2.75) is 32.2 Å². The number of hydrogen-bond acceptors (Lipinski definition) is 5. The fourth-order valence-electron chi connectivity index (χ4n) is 2.36. The Morgan fingerprint density at radius 3 is 2.75 bits per heavy atom. The van der Waals surface area contributed by atoms with Gasteiger partial charge in [-0.15, -0.1) is 10.2 Å². The van der Waals surface area contributed by atoms with Crippen LogP contribution < -0.4 is 0 Å². The van der Waals surface area contributed by atoms with Crippen molar-refractivity contribution in [1.29, 1.82) is 0 Å². The van der Waals surface area contributed by atoms with E-state index in [9.17, 15) is 4.79 Å². The number of rotatable bonds is 3. The molecule has 0 aromatic carbocycles. The Bertz CT molecular complexity index is 555. The number of nitrogens with zero attached hydrogens (tertiary/aromatic N) is 5. The number of hydrogen-bond donors (Lipinski definition) is 0. The van der Waals surface area contributed by atoms with Crippen LogP contribution in [-0.2, 0) is 11.3 Å². The molecule has 7 heteroatoms. The van der Waals surface area contributed by atoms with Crippen LogP contribution in [0, 0.1) is 0 Å². The predicted octanol–water partition coefficient (Wildman–Crippen LogP) is 1.34. The fourth-order valence-corrected chi connectivity index (χ4v) is 2.36. The Labute approximate surface area is 116 Å². The molecule has 0 N–H and O–H groups in total. The van der Waals surface area contributed by atoms with Crippen LogP contribution >= 0.6 is 0 Å². The van der Waals surface area contributed by atoms with Gasteiger partial charge in [0.2, 0.25) is 11.7 Å². The van der Waals surface area contributed by atoms with Crippen LogP contribution in [0.3, 0.4) is 0 Å². The summed E-state index contributed by atoms with van der Waals surface area (Å²) >= 11 is 0. The molecule has 3 heterocycles. The molecular weight excluding hydrogens is 258 g/mol. The van der Waals surface area contributed by atoms with Crippen molar-refractivity contribution in [2.75, 3.05) is 13.1 Å². The Kier molecular flexibility index (Phi) is 3.76. The second-order valence-electron chi connectivity index (χ2n) is 4.92. The lowest BCUT2D eigenvalue weighted by molar-refractivity contribution is -0.132. The van der Waals surface area contributed by atoms with Gasteiger partial charge < -0.3 is 9.32 Å². The van der Waals surface area contributed by atoms with Crippen molar-refractivity contribution in [1.82, 2.24) is 25.1 Å². The topological polar surface area (TPSA) is 77.0 Å². The highest BCUT2D eigenvalue weighted by molar-refractivity contribution is 5.75. The second-order valence-corrected chi connectivity index (χ2v) is 4.92. The highest BCUT2D eigenvalue weighted by Crippen LogP contribution is 2.13. The highest BCUT2D eigenvalue weighted by atomic mass is 16.3. The van der Waals surface area contributed by atoms with E-state index in [1.165, 1.54) is 17.6 Å². The van der Waals surface area contributed by atoms with Gasteiger partial charge in [0.05, 0.1) is 6.26 Å². The van der Waals surface area contributed by atoms with Crippen LogP contribution in [0.2, 0.25) is 0 Å². The number of amides is 1. The summed E-state index contributed by atoms with van der Waals surface area (Å²) in [4.78, 5) is 15.4. The molecule has 0 aliphatic carbocycles. The van der Waals surface area contributed by atoms with Crippen molar-refractivity contribution in [2.24, 2.45) is 0 Å². The minimum Gasteiger partial charge on any atom is -0.461 e. The number of furan rings is 1. The highest BCUT2D eigenvalue weighted by Gasteiger charge is 2.17. The predicted molar refractivity (Wildman–Crippen MR) is 70.6 cm³/mol. The molecule has 0 spiro atoms. The minimum absolute atomic E-state index is 0.0512. The number of tetrazole rings is 1.